The first kappa shape index (κ1) is 11.6. The lowest BCUT2D eigenvalue weighted by Crippen LogP contribution is -2.43. The summed E-state index contributed by atoms with van der Waals surface area (Å²) in [7, 11) is 0. The van der Waals surface area contributed by atoms with Crippen molar-refractivity contribution in [3.63, 3.8) is 0 Å². The van der Waals surface area contributed by atoms with Gasteiger partial charge in [-0.2, -0.15) is 15.4 Å². The van der Waals surface area contributed by atoms with Crippen molar-refractivity contribution in [3.05, 3.63) is 11.9 Å². The first-order chi connectivity index (χ1) is 8.11. The van der Waals surface area contributed by atoms with Crippen molar-refractivity contribution in [2.24, 2.45) is 5.41 Å². The normalized spacial score (nSPS) is 17.2. The predicted octanol–water partition coefficient (Wildman–Crippen LogP) is 0.179. The van der Waals surface area contributed by atoms with Crippen LogP contribution in [0.15, 0.2) is 6.20 Å². The number of aromatic amines is 1. The maximum atomic E-state index is 11.6. The zero-order chi connectivity index (χ0) is 12.3. The minimum atomic E-state index is -0.819. The van der Waals surface area contributed by atoms with E-state index in [9.17, 15) is 9.59 Å². The fraction of sp³-hybridized carbons (Fsp3) is 0.600. The molecule has 0 saturated heterocycles. The molecule has 3 N–H and O–H groups in total. The second-order valence-corrected chi connectivity index (χ2v) is 4.46. The largest absolute Gasteiger partial charge is 0.481 e. The van der Waals surface area contributed by atoms with E-state index in [2.05, 4.69) is 20.7 Å². The second-order valence-electron chi connectivity index (χ2n) is 4.46. The number of aliphatic carboxylic acids is 1. The molecule has 7 heteroatoms. The van der Waals surface area contributed by atoms with Crippen molar-refractivity contribution in [1.29, 1.82) is 0 Å². The molecule has 1 saturated carbocycles. The van der Waals surface area contributed by atoms with Crippen LogP contribution in [-0.4, -0.2) is 38.9 Å². The van der Waals surface area contributed by atoms with Crippen molar-refractivity contribution in [1.82, 2.24) is 20.7 Å². The SMILES string of the molecule is O=C(O)CC1(CNC(=O)c2cn[nH]n2)CCC1. The maximum absolute atomic E-state index is 11.6. The first-order valence-corrected chi connectivity index (χ1v) is 5.47. The highest BCUT2D eigenvalue weighted by Crippen LogP contribution is 2.43. The Morgan fingerprint density at radius 3 is 2.76 bits per heavy atom. The molecule has 2 rings (SSSR count). The molecule has 92 valence electrons. The van der Waals surface area contributed by atoms with Crippen molar-refractivity contribution >= 4 is 11.9 Å². The molecule has 0 spiro atoms. The van der Waals surface area contributed by atoms with E-state index in [0.29, 0.717) is 6.54 Å². The molecule has 1 amide bonds. The molecule has 0 unspecified atom stereocenters. The van der Waals surface area contributed by atoms with Crippen LogP contribution in [-0.2, 0) is 4.79 Å². The van der Waals surface area contributed by atoms with Crippen LogP contribution in [0.25, 0.3) is 0 Å². The second kappa shape index (κ2) is 4.52. The lowest BCUT2D eigenvalue weighted by atomic mass is 9.66. The highest BCUT2D eigenvalue weighted by atomic mass is 16.4. The molecule has 1 aliphatic rings. The predicted molar refractivity (Wildman–Crippen MR) is 57.3 cm³/mol. The lowest BCUT2D eigenvalue weighted by Gasteiger charge is -2.40. The number of nitrogens with one attached hydrogen (secondary N) is 2. The molecular formula is C10H14N4O3. The van der Waals surface area contributed by atoms with Crippen LogP contribution < -0.4 is 5.32 Å². The fourth-order valence-corrected chi connectivity index (χ4v) is 2.08. The number of hydrogen-bond acceptors (Lipinski definition) is 4. The van der Waals surface area contributed by atoms with Gasteiger partial charge < -0.3 is 10.4 Å². The Morgan fingerprint density at radius 1 is 1.53 bits per heavy atom. The molecule has 1 heterocycles. The van der Waals surface area contributed by atoms with E-state index in [1.54, 1.807) is 0 Å². The Labute approximate surface area is 97.6 Å². The molecule has 1 fully saturated rings. The van der Waals surface area contributed by atoms with Crippen LogP contribution in [0, 0.1) is 5.41 Å². The number of rotatable bonds is 5. The minimum Gasteiger partial charge on any atom is -0.481 e. The Morgan fingerprint density at radius 2 is 2.29 bits per heavy atom. The number of hydrogen-bond donors (Lipinski definition) is 3. The van der Waals surface area contributed by atoms with Gasteiger partial charge in [0.15, 0.2) is 5.69 Å². The van der Waals surface area contributed by atoms with Gasteiger partial charge in [-0.05, 0) is 18.3 Å². The monoisotopic (exact) mass is 238 g/mol. The number of H-pyrrole nitrogens is 1. The first-order valence-electron chi connectivity index (χ1n) is 5.47. The number of amides is 1. The lowest BCUT2D eigenvalue weighted by molar-refractivity contribution is -0.141. The van der Waals surface area contributed by atoms with E-state index in [1.165, 1.54) is 6.20 Å². The Balaban J connectivity index is 1.88. The molecule has 7 nitrogen and oxygen atoms in total. The Kier molecular flexibility index (Phi) is 3.08. The average molecular weight is 238 g/mol. The summed E-state index contributed by atoms with van der Waals surface area (Å²) in [5.41, 5.74) is -0.0552. The molecule has 1 aromatic rings. The van der Waals surface area contributed by atoms with Gasteiger partial charge in [0.1, 0.15) is 0 Å². The number of nitrogens with zero attached hydrogens (tertiary/aromatic N) is 2. The van der Waals surface area contributed by atoms with E-state index >= 15 is 0 Å². The average Bonchev–Trinajstić information content (AvgIpc) is 2.74. The topological polar surface area (TPSA) is 108 Å². The summed E-state index contributed by atoms with van der Waals surface area (Å²) < 4.78 is 0. The Bertz CT molecular complexity index is 411. The minimum absolute atomic E-state index is 0.103. The highest BCUT2D eigenvalue weighted by Gasteiger charge is 2.39. The van der Waals surface area contributed by atoms with E-state index < -0.39 is 5.97 Å². The zero-order valence-corrected chi connectivity index (χ0v) is 9.27. The van der Waals surface area contributed by atoms with Crippen LogP contribution >= 0.6 is 0 Å². The number of carboxylic acids is 1. The number of carbonyl (C=O) groups excluding carboxylic acids is 1. The van der Waals surface area contributed by atoms with E-state index in [0.717, 1.165) is 19.3 Å². The third-order valence-electron chi connectivity index (χ3n) is 3.21. The number of carbonyl (C=O) groups is 2. The highest BCUT2D eigenvalue weighted by molar-refractivity contribution is 5.91. The number of aromatic nitrogens is 3. The molecule has 0 radical (unpaired) electrons. The molecule has 1 aromatic heterocycles. The zero-order valence-electron chi connectivity index (χ0n) is 9.27. The summed E-state index contributed by atoms with van der Waals surface area (Å²) in [6, 6.07) is 0. The van der Waals surface area contributed by atoms with Crippen molar-refractivity contribution < 1.29 is 14.7 Å². The van der Waals surface area contributed by atoms with Gasteiger partial charge in [-0.25, -0.2) is 0 Å². The van der Waals surface area contributed by atoms with Gasteiger partial charge in [0.2, 0.25) is 0 Å². The van der Waals surface area contributed by atoms with Gasteiger partial charge in [0, 0.05) is 6.54 Å². The molecule has 1 aliphatic carbocycles. The van der Waals surface area contributed by atoms with Crippen molar-refractivity contribution in [2.45, 2.75) is 25.7 Å². The third-order valence-corrected chi connectivity index (χ3v) is 3.21. The quantitative estimate of drug-likeness (QED) is 0.678. The molecule has 0 aromatic carbocycles. The molecule has 0 atom stereocenters. The molecule has 17 heavy (non-hydrogen) atoms. The molecule has 0 aliphatic heterocycles. The summed E-state index contributed by atoms with van der Waals surface area (Å²) in [4.78, 5) is 22.3. The van der Waals surface area contributed by atoms with Crippen LogP contribution in [0.4, 0.5) is 0 Å². The maximum Gasteiger partial charge on any atom is 0.303 e. The summed E-state index contributed by atoms with van der Waals surface area (Å²) in [6.45, 7) is 0.380. The van der Waals surface area contributed by atoms with Crippen LogP contribution in [0.1, 0.15) is 36.2 Å². The Hall–Kier alpha value is -1.92. The van der Waals surface area contributed by atoms with Gasteiger partial charge in [0.25, 0.3) is 5.91 Å². The molecule has 0 bridgehead atoms. The van der Waals surface area contributed by atoms with Crippen LogP contribution in [0.2, 0.25) is 0 Å². The smallest absolute Gasteiger partial charge is 0.303 e. The van der Waals surface area contributed by atoms with Gasteiger partial charge in [-0.3, -0.25) is 9.59 Å². The summed E-state index contributed by atoms with van der Waals surface area (Å²) in [5, 5.41) is 21.1. The number of carboxylic acid groups (broad SMARTS) is 1. The summed E-state index contributed by atoms with van der Waals surface area (Å²) >= 11 is 0. The molecular weight excluding hydrogens is 224 g/mol. The van der Waals surface area contributed by atoms with Crippen LogP contribution in [0.5, 0.6) is 0 Å². The summed E-state index contributed by atoms with van der Waals surface area (Å²) in [6.07, 6.45) is 4.15. The fourth-order valence-electron chi connectivity index (χ4n) is 2.08. The van der Waals surface area contributed by atoms with E-state index in [-0.39, 0.29) is 23.4 Å². The standard InChI is InChI=1S/C10H14N4O3/c15-8(16)4-10(2-1-3-10)6-11-9(17)7-5-12-14-13-7/h5H,1-4,6H2,(H,11,17)(H,15,16)(H,12,13,14). The van der Waals surface area contributed by atoms with Gasteiger partial charge in [-0.1, -0.05) is 6.42 Å². The third kappa shape index (κ3) is 2.61. The van der Waals surface area contributed by atoms with Gasteiger partial charge >= 0.3 is 5.97 Å². The van der Waals surface area contributed by atoms with Crippen molar-refractivity contribution in [2.75, 3.05) is 6.54 Å². The van der Waals surface area contributed by atoms with Crippen LogP contribution in [0.3, 0.4) is 0 Å². The summed E-state index contributed by atoms with van der Waals surface area (Å²) in [5.74, 6) is -1.14. The van der Waals surface area contributed by atoms with Crippen molar-refractivity contribution in [3.8, 4) is 0 Å². The van der Waals surface area contributed by atoms with E-state index in [1.807, 2.05) is 0 Å². The van der Waals surface area contributed by atoms with E-state index in [4.69, 9.17) is 5.11 Å². The van der Waals surface area contributed by atoms with Gasteiger partial charge in [-0.15, -0.1) is 0 Å². The van der Waals surface area contributed by atoms with Gasteiger partial charge in [0.05, 0.1) is 12.6 Å².